The fourth-order valence-electron chi connectivity index (χ4n) is 3.14. The van der Waals surface area contributed by atoms with Gasteiger partial charge in [-0.05, 0) is 45.4 Å². The number of carbonyl (C=O) groups excluding carboxylic acids is 2. The van der Waals surface area contributed by atoms with E-state index in [1.165, 1.54) is 4.70 Å². The number of piperidine rings is 1. The molecule has 6 nitrogen and oxygen atoms in total. The van der Waals surface area contributed by atoms with E-state index < -0.39 is 6.03 Å². The van der Waals surface area contributed by atoms with E-state index in [0.717, 1.165) is 36.3 Å². The van der Waals surface area contributed by atoms with E-state index in [0.29, 0.717) is 0 Å². The molecule has 2 N–H and O–H groups in total. The Bertz CT molecular complexity index is 725. The van der Waals surface area contributed by atoms with Gasteiger partial charge in [0.2, 0.25) is 5.91 Å². The van der Waals surface area contributed by atoms with E-state index in [2.05, 4.69) is 21.6 Å². The minimum atomic E-state index is -0.437. The van der Waals surface area contributed by atoms with Crippen LogP contribution in [-0.2, 0) is 4.79 Å². The van der Waals surface area contributed by atoms with Crippen molar-refractivity contribution in [1.82, 2.24) is 20.5 Å². The van der Waals surface area contributed by atoms with Gasteiger partial charge in [0, 0.05) is 6.04 Å². The van der Waals surface area contributed by atoms with Gasteiger partial charge >= 0.3 is 6.03 Å². The predicted octanol–water partition coefficient (Wildman–Crippen LogP) is 3.06. The summed E-state index contributed by atoms with van der Waals surface area (Å²) in [7, 11) is 0. The Morgan fingerprint density at radius 1 is 1.32 bits per heavy atom. The summed E-state index contributed by atoms with van der Waals surface area (Å²) in [6.07, 6.45) is 3.19. The Hall–Kier alpha value is -1.99. The van der Waals surface area contributed by atoms with Gasteiger partial charge in [0.1, 0.15) is 5.01 Å². The second-order valence-corrected chi connectivity index (χ2v) is 7.74. The number of fused-ring (bicyclic) bond motifs is 1. The van der Waals surface area contributed by atoms with Gasteiger partial charge in [-0.1, -0.05) is 18.6 Å². The highest BCUT2D eigenvalue weighted by Crippen LogP contribution is 2.35. The van der Waals surface area contributed by atoms with Crippen LogP contribution in [-0.4, -0.2) is 41.0 Å². The van der Waals surface area contributed by atoms with Crippen molar-refractivity contribution in [3.8, 4) is 0 Å². The van der Waals surface area contributed by atoms with E-state index in [1.54, 1.807) is 11.3 Å². The number of benzene rings is 1. The van der Waals surface area contributed by atoms with Gasteiger partial charge in [0.15, 0.2) is 0 Å². The second kappa shape index (κ2) is 7.93. The molecule has 1 aromatic carbocycles. The normalized spacial score (nSPS) is 18.4. The van der Waals surface area contributed by atoms with Crippen molar-refractivity contribution in [3.05, 3.63) is 29.3 Å². The Kier molecular flexibility index (Phi) is 5.65. The SMILES string of the molecule is CC(C)NC(=O)NC(=O)CN1CCCC[C@@H]1c1nc2ccccc2s1. The van der Waals surface area contributed by atoms with Crippen LogP contribution in [0.2, 0.25) is 0 Å². The molecule has 2 heterocycles. The maximum Gasteiger partial charge on any atom is 0.321 e. The number of thiazole rings is 1. The lowest BCUT2D eigenvalue weighted by atomic mass is 10.0. The van der Waals surface area contributed by atoms with Crippen molar-refractivity contribution in [1.29, 1.82) is 0 Å². The van der Waals surface area contributed by atoms with Crippen LogP contribution < -0.4 is 10.6 Å². The number of nitrogens with one attached hydrogen (secondary N) is 2. The summed E-state index contributed by atoms with van der Waals surface area (Å²) < 4.78 is 1.17. The average molecular weight is 360 g/mol. The lowest BCUT2D eigenvalue weighted by Gasteiger charge is -2.33. The monoisotopic (exact) mass is 360 g/mol. The Balaban J connectivity index is 1.68. The predicted molar refractivity (Wildman–Crippen MR) is 99.6 cm³/mol. The molecule has 1 aromatic heterocycles. The number of amides is 3. The zero-order chi connectivity index (χ0) is 17.8. The highest BCUT2D eigenvalue weighted by atomic mass is 32.1. The molecule has 1 atom stereocenters. The van der Waals surface area contributed by atoms with Crippen molar-refractivity contribution >= 4 is 33.5 Å². The van der Waals surface area contributed by atoms with Crippen molar-refractivity contribution in [2.24, 2.45) is 0 Å². The molecule has 0 aliphatic carbocycles. The number of likely N-dealkylation sites (tertiary alicyclic amines) is 1. The Labute approximate surface area is 151 Å². The molecule has 0 radical (unpaired) electrons. The smallest absolute Gasteiger partial charge is 0.321 e. The van der Waals surface area contributed by atoms with E-state index in [9.17, 15) is 9.59 Å². The number of urea groups is 1. The molecule has 134 valence electrons. The molecule has 0 saturated carbocycles. The van der Waals surface area contributed by atoms with Crippen molar-refractivity contribution in [2.75, 3.05) is 13.1 Å². The van der Waals surface area contributed by atoms with Gasteiger partial charge in [-0.15, -0.1) is 11.3 Å². The van der Waals surface area contributed by atoms with Crippen molar-refractivity contribution in [3.63, 3.8) is 0 Å². The van der Waals surface area contributed by atoms with Gasteiger partial charge in [0.05, 0.1) is 22.8 Å². The molecule has 1 aliphatic rings. The zero-order valence-electron chi connectivity index (χ0n) is 14.6. The highest BCUT2D eigenvalue weighted by molar-refractivity contribution is 7.18. The summed E-state index contributed by atoms with van der Waals surface area (Å²) in [5, 5.41) is 6.14. The van der Waals surface area contributed by atoms with Crippen LogP contribution >= 0.6 is 11.3 Å². The molecule has 1 saturated heterocycles. The molecule has 0 spiro atoms. The third kappa shape index (κ3) is 4.55. The molecule has 1 aliphatic heterocycles. The zero-order valence-corrected chi connectivity index (χ0v) is 15.4. The number of imide groups is 1. The molecule has 0 bridgehead atoms. The quantitative estimate of drug-likeness (QED) is 0.879. The van der Waals surface area contributed by atoms with E-state index in [1.807, 2.05) is 32.0 Å². The first-order chi connectivity index (χ1) is 12.0. The summed E-state index contributed by atoms with van der Waals surface area (Å²) in [5.74, 6) is -0.272. The number of nitrogens with zero attached hydrogens (tertiary/aromatic N) is 2. The minimum absolute atomic E-state index is 0.00159. The first-order valence-corrected chi connectivity index (χ1v) is 9.54. The summed E-state index contributed by atoms with van der Waals surface area (Å²) >= 11 is 1.69. The first-order valence-electron chi connectivity index (χ1n) is 8.73. The van der Waals surface area contributed by atoms with Crippen molar-refractivity contribution < 1.29 is 9.59 Å². The second-order valence-electron chi connectivity index (χ2n) is 6.68. The summed E-state index contributed by atoms with van der Waals surface area (Å²) in [5.41, 5.74) is 1.01. The third-order valence-electron chi connectivity index (χ3n) is 4.23. The molecule has 7 heteroatoms. The van der Waals surface area contributed by atoms with Gasteiger partial charge in [-0.25, -0.2) is 9.78 Å². The van der Waals surface area contributed by atoms with Gasteiger partial charge in [0.25, 0.3) is 0 Å². The number of carbonyl (C=O) groups is 2. The molecule has 0 unspecified atom stereocenters. The molecule has 2 aromatic rings. The Morgan fingerprint density at radius 3 is 2.88 bits per heavy atom. The number of hydrogen-bond donors (Lipinski definition) is 2. The maximum absolute atomic E-state index is 12.2. The third-order valence-corrected chi connectivity index (χ3v) is 5.37. The van der Waals surface area contributed by atoms with Gasteiger partial charge in [-0.3, -0.25) is 15.0 Å². The van der Waals surface area contributed by atoms with Crippen LogP contribution in [0.1, 0.15) is 44.2 Å². The summed E-state index contributed by atoms with van der Waals surface area (Å²) in [6, 6.07) is 7.81. The fraction of sp³-hybridized carbons (Fsp3) is 0.500. The van der Waals surface area contributed by atoms with Crippen LogP contribution in [0.25, 0.3) is 10.2 Å². The number of hydrogen-bond acceptors (Lipinski definition) is 5. The van der Waals surface area contributed by atoms with Crippen LogP contribution in [0, 0.1) is 0 Å². The Morgan fingerprint density at radius 2 is 2.12 bits per heavy atom. The first kappa shape index (κ1) is 17.8. The average Bonchev–Trinajstić information content (AvgIpc) is 2.98. The lowest BCUT2D eigenvalue weighted by Crippen LogP contribution is -2.47. The van der Waals surface area contributed by atoms with Crippen LogP contribution in [0.4, 0.5) is 4.79 Å². The van der Waals surface area contributed by atoms with E-state index in [-0.39, 0.29) is 24.5 Å². The molecule has 3 amide bonds. The molecular formula is C18H24N4O2S. The summed E-state index contributed by atoms with van der Waals surface area (Å²) in [6.45, 7) is 4.78. The van der Waals surface area contributed by atoms with E-state index in [4.69, 9.17) is 4.98 Å². The largest absolute Gasteiger partial charge is 0.336 e. The van der Waals surface area contributed by atoms with Crippen molar-refractivity contribution in [2.45, 2.75) is 45.2 Å². The molecule has 1 fully saturated rings. The number of para-hydroxylation sites is 1. The number of rotatable bonds is 4. The fourth-order valence-corrected chi connectivity index (χ4v) is 4.28. The molecule has 25 heavy (non-hydrogen) atoms. The van der Waals surface area contributed by atoms with Gasteiger partial charge < -0.3 is 5.32 Å². The lowest BCUT2D eigenvalue weighted by molar-refractivity contribution is -0.122. The van der Waals surface area contributed by atoms with Crippen LogP contribution in [0.5, 0.6) is 0 Å². The maximum atomic E-state index is 12.2. The number of aromatic nitrogens is 1. The van der Waals surface area contributed by atoms with E-state index >= 15 is 0 Å². The van der Waals surface area contributed by atoms with Crippen LogP contribution in [0.3, 0.4) is 0 Å². The summed E-state index contributed by atoms with van der Waals surface area (Å²) in [4.78, 5) is 30.8. The standard InChI is InChI=1S/C18H24N4O2S/c1-12(2)19-18(24)21-16(23)11-22-10-6-5-8-14(22)17-20-13-7-3-4-9-15(13)25-17/h3-4,7,9,12,14H,5-6,8,10-11H2,1-2H3,(H2,19,21,23,24)/t14-/m1/s1. The molecule has 3 rings (SSSR count). The van der Waals surface area contributed by atoms with Gasteiger partial charge in [-0.2, -0.15) is 0 Å². The van der Waals surface area contributed by atoms with Crippen LogP contribution in [0.15, 0.2) is 24.3 Å². The topological polar surface area (TPSA) is 74.3 Å². The molecular weight excluding hydrogens is 336 g/mol. The minimum Gasteiger partial charge on any atom is -0.336 e. The highest BCUT2D eigenvalue weighted by Gasteiger charge is 2.28.